The first-order valence-corrected chi connectivity index (χ1v) is 7.36. The van der Waals surface area contributed by atoms with Gasteiger partial charge >= 0.3 is 0 Å². The minimum atomic E-state index is -3.58. The summed E-state index contributed by atoms with van der Waals surface area (Å²) in [6.45, 7) is -0.0651. The zero-order chi connectivity index (χ0) is 13.1. The number of halogens is 1. The molecular formula is C9H11IN2O4S. The molecule has 0 saturated carbocycles. The fourth-order valence-electron chi connectivity index (χ4n) is 1.06. The summed E-state index contributed by atoms with van der Waals surface area (Å²) < 4.78 is 21.9. The van der Waals surface area contributed by atoms with E-state index in [-0.39, 0.29) is 23.6 Å². The molecule has 94 valence electrons. The molecule has 0 heterocycles. The van der Waals surface area contributed by atoms with Crippen LogP contribution >= 0.6 is 22.6 Å². The first kappa shape index (κ1) is 14.2. The molecule has 0 aliphatic heterocycles. The van der Waals surface area contributed by atoms with Gasteiger partial charge in [0.05, 0.1) is 9.32 Å². The van der Waals surface area contributed by atoms with E-state index >= 15 is 0 Å². The first-order chi connectivity index (χ1) is 7.79. The molecule has 0 aliphatic rings. The van der Waals surface area contributed by atoms with Crippen LogP contribution in [0.1, 0.15) is 10.4 Å². The highest BCUT2D eigenvalue weighted by molar-refractivity contribution is 14.1. The van der Waals surface area contributed by atoms with Crippen LogP contribution in [0.25, 0.3) is 0 Å². The molecule has 17 heavy (non-hydrogen) atoms. The van der Waals surface area contributed by atoms with E-state index in [9.17, 15) is 18.3 Å². The normalized spacial score (nSPS) is 11.2. The zero-order valence-electron chi connectivity index (χ0n) is 8.68. The van der Waals surface area contributed by atoms with Crippen LogP contribution in [0.3, 0.4) is 0 Å². The van der Waals surface area contributed by atoms with Crippen molar-refractivity contribution in [3.8, 4) is 5.75 Å². The van der Waals surface area contributed by atoms with Gasteiger partial charge in [-0.05, 0) is 40.8 Å². The van der Waals surface area contributed by atoms with Crippen LogP contribution in [-0.2, 0) is 10.0 Å². The van der Waals surface area contributed by atoms with E-state index in [4.69, 9.17) is 5.14 Å². The van der Waals surface area contributed by atoms with Crippen molar-refractivity contribution >= 4 is 38.5 Å². The number of primary sulfonamides is 1. The van der Waals surface area contributed by atoms with Gasteiger partial charge in [-0.1, -0.05) is 0 Å². The fraction of sp³-hybridized carbons (Fsp3) is 0.222. The van der Waals surface area contributed by atoms with Crippen molar-refractivity contribution in [2.45, 2.75) is 0 Å². The van der Waals surface area contributed by atoms with Crippen LogP contribution < -0.4 is 10.5 Å². The molecule has 0 bridgehead atoms. The minimum Gasteiger partial charge on any atom is -0.507 e. The van der Waals surface area contributed by atoms with Crippen molar-refractivity contribution in [2.75, 3.05) is 12.3 Å². The molecule has 8 heteroatoms. The number of phenols is 1. The minimum absolute atomic E-state index is 0.00435. The molecule has 0 radical (unpaired) electrons. The van der Waals surface area contributed by atoms with E-state index in [0.717, 1.165) is 0 Å². The number of carbonyl (C=O) groups excluding carboxylic acids is 1. The summed E-state index contributed by atoms with van der Waals surface area (Å²) in [5, 5.41) is 16.6. The van der Waals surface area contributed by atoms with Gasteiger partial charge in [-0.25, -0.2) is 13.6 Å². The van der Waals surface area contributed by atoms with Crippen LogP contribution in [0.2, 0.25) is 0 Å². The Kier molecular flexibility index (Phi) is 4.71. The van der Waals surface area contributed by atoms with Crippen molar-refractivity contribution in [2.24, 2.45) is 5.14 Å². The lowest BCUT2D eigenvalue weighted by atomic mass is 10.2. The third kappa shape index (κ3) is 4.88. The number of aromatic hydroxyl groups is 1. The third-order valence-corrected chi connectivity index (χ3v) is 3.57. The largest absolute Gasteiger partial charge is 0.507 e. The predicted octanol–water partition coefficient (Wildman–Crippen LogP) is 0.0151. The molecule has 0 spiro atoms. The van der Waals surface area contributed by atoms with Crippen molar-refractivity contribution in [3.05, 3.63) is 27.3 Å². The van der Waals surface area contributed by atoms with Crippen LogP contribution in [0.15, 0.2) is 18.2 Å². The molecule has 1 aromatic rings. The summed E-state index contributed by atoms with van der Waals surface area (Å²) in [6.07, 6.45) is 0. The van der Waals surface area contributed by atoms with Gasteiger partial charge in [0.25, 0.3) is 5.91 Å². The molecule has 1 amide bonds. The van der Waals surface area contributed by atoms with Gasteiger partial charge < -0.3 is 10.4 Å². The highest BCUT2D eigenvalue weighted by atomic mass is 127. The average molecular weight is 370 g/mol. The number of phenolic OH excluding ortho intramolecular Hbond substituents is 1. The lowest BCUT2D eigenvalue weighted by Crippen LogP contribution is -2.31. The number of sulfonamides is 1. The van der Waals surface area contributed by atoms with Crippen LogP contribution in [0.5, 0.6) is 5.75 Å². The van der Waals surface area contributed by atoms with Crippen molar-refractivity contribution in [1.82, 2.24) is 5.32 Å². The Hall–Kier alpha value is -0.870. The lowest BCUT2D eigenvalue weighted by Gasteiger charge is -2.05. The summed E-state index contributed by atoms with van der Waals surface area (Å²) in [6, 6.07) is 4.44. The third-order valence-electron chi connectivity index (χ3n) is 1.88. The summed E-state index contributed by atoms with van der Waals surface area (Å²) in [4.78, 5) is 11.5. The number of hydrogen-bond donors (Lipinski definition) is 3. The molecule has 4 N–H and O–H groups in total. The lowest BCUT2D eigenvalue weighted by molar-refractivity contribution is 0.0955. The number of nitrogens with one attached hydrogen (secondary N) is 1. The Morgan fingerprint density at radius 3 is 2.65 bits per heavy atom. The van der Waals surface area contributed by atoms with E-state index < -0.39 is 15.9 Å². The van der Waals surface area contributed by atoms with Gasteiger partial charge in [-0.3, -0.25) is 4.79 Å². The molecule has 6 nitrogen and oxygen atoms in total. The van der Waals surface area contributed by atoms with Crippen molar-refractivity contribution in [1.29, 1.82) is 0 Å². The van der Waals surface area contributed by atoms with Crippen LogP contribution in [0, 0.1) is 3.57 Å². The summed E-state index contributed by atoms with van der Waals surface area (Å²) in [5.74, 6) is -0.778. The first-order valence-electron chi connectivity index (χ1n) is 4.57. The van der Waals surface area contributed by atoms with Crippen molar-refractivity contribution < 1.29 is 18.3 Å². The molecule has 0 aromatic heterocycles. The second kappa shape index (κ2) is 5.65. The molecular weight excluding hydrogens is 359 g/mol. The highest BCUT2D eigenvalue weighted by Gasteiger charge is 2.09. The number of carbonyl (C=O) groups is 1. The number of nitrogens with two attached hydrogens (primary N) is 1. The van der Waals surface area contributed by atoms with E-state index in [1.165, 1.54) is 12.1 Å². The fourth-order valence-corrected chi connectivity index (χ4v) is 1.78. The smallest absolute Gasteiger partial charge is 0.251 e. The summed E-state index contributed by atoms with van der Waals surface area (Å²) >= 11 is 1.93. The van der Waals surface area contributed by atoms with Crippen LogP contribution in [-0.4, -0.2) is 31.7 Å². The zero-order valence-corrected chi connectivity index (χ0v) is 11.7. The van der Waals surface area contributed by atoms with Crippen molar-refractivity contribution in [3.63, 3.8) is 0 Å². The van der Waals surface area contributed by atoms with E-state index in [0.29, 0.717) is 3.57 Å². The van der Waals surface area contributed by atoms with Crippen LogP contribution in [0.4, 0.5) is 0 Å². The monoisotopic (exact) mass is 370 g/mol. The number of hydrogen-bond acceptors (Lipinski definition) is 4. The Labute approximate surface area is 112 Å². The van der Waals surface area contributed by atoms with Gasteiger partial charge in [0.2, 0.25) is 10.0 Å². The summed E-state index contributed by atoms with van der Waals surface area (Å²) in [5.41, 5.74) is 0.261. The van der Waals surface area contributed by atoms with Gasteiger partial charge in [0, 0.05) is 12.1 Å². The van der Waals surface area contributed by atoms with Gasteiger partial charge in [-0.15, -0.1) is 0 Å². The number of benzene rings is 1. The van der Waals surface area contributed by atoms with Gasteiger partial charge in [0.15, 0.2) is 0 Å². The molecule has 1 aromatic carbocycles. The molecule has 0 atom stereocenters. The van der Waals surface area contributed by atoms with Gasteiger partial charge in [-0.2, -0.15) is 0 Å². The van der Waals surface area contributed by atoms with E-state index in [2.05, 4.69) is 5.32 Å². The molecule has 0 saturated heterocycles. The second-order valence-corrected chi connectivity index (χ2v) is 6.19. The molecule has 0 fully saturated rings. The van der Waals surface area contributed by atoms with E-state index in [1.54, 1.807) is 6.07 Å². The Morgan fingerprint density at radius 1 is 1.47 bits per heavy atom. The maximum atomic E-state index is 11.5. The topological polar surface area (TPSA) is 109 Å². The maximum absolute atomic E-state index is 11.5. The quantitative estimate of drug-likeness (QED) is 0.649. The number of amides is 1. The maximum Gasteiger partial charge on any atom is 0.251 e. The predicted molar refractivity (Wildman–Crippen MR) is 71.1 cm³/mol. The molecule has 0 unspecified atom stereocenters. The molecule has 1 rings (SSSR count). The summed E-state index contributed by atoms with van der Waals surface area (Å²) in [7, 11) is -3.58. The van der Waals surface area contributed by atoms with Gasteiger partial charge in [0.1, 0.15) is 5.75 Å². The standard InChI is InChI=1S/C9H11IN2O4S/c10-7-2-1-6(5-8(7)13)9(14)12-3-4-17(11,15)16/h1-2,5,13H,3-4H2,(H,12,14)(H2,11,15,16). The number of rotatable bonds is 4. The van der Waals surface area contributed by atoms with E-state index in [1.807, 2.05) is 22.6 Å². The highest BCUT2D eigenvalue weighted by Crippen LogP contribution is 2.20. The Balaban J connectivity index is 2.61. The Bertz CT molecular complexity index is 530. The molecule has 0 aliphatic carbocycles. The average Bonchev–Trinajstić information content (AvgIpc) is 2.20. The SMILES string of the molecule is NS(=O)(=O)CCNC(=O)c1ccc(I)c(O)c1. The Morgan fingerprint density at radius 2 is 2.12 bits per heavy atom. The second-order valence-electron chi connectivity index (χ2n) is 3.29.